The molecule has 0 N–H and O–H groups in total. The molecule has 2 atom stereocenters. The van der Waals surface area contributed by atoms with E-state index in [9.17, 15) is 0 Å². The van der Waals surface area contributed by atoms with Gasteiger partial charge in [-0.3, -0.25) is 0 Å². The Morgan fingerprint density at radius 1 is 1.12 bits per heavy atom. The molecule has 0 nitrogen and oxygen atoms in total. The molecule has 90 valence electrons. The second-order valence-corrected chi connectivity index (χ2v) is 5.38. The van der Waals surface area contributed by atoms with E-state index in [0.717, 1.165) is 0 Å². The van der Waals surface area contributed by atoms with Crippen molar-refractivity contribution in [2.75, 3.05) is 0 Å². The molecular formula is C17H22. The predicted molar refractivity (Wildman–Crippen MR) is 74.9 cm³/mol. The Labute approximate surface area is 105 Å². The number of hydrogen-bond acceptors (Lipinski definition) is 0. The summed E-state index contributed by atoms with van der Waals surface area (Å²) in [6.07, 6.45) is 12.8. The molecule has 1 aliphatic carbocycles. The molecule has 0 fully saturated rings. The lowest BCUT2D eigenvalue weighted by Gasteiger charge is -2.33. The summed E-state index contributed by atoms with van der Waals surface area (Å²) < 4.78 is 0. The maximum atomic E-state index is 2.38. The van der Waals surface area contributed by atoms with E-state index < -0.39 is 0 Å². The summed E-state index contributed by atoms with van der Waals surface area (Å²) in [7, 11) is 0. The fourth-order valence-corrected chi connectivity index (χ4v) is 2.51. The predicted octanol–water partition coefficient (Wildman–Crippen LogP) is 4.78. The van der Waals surface area contributed by atoms with Gasteiger partial charge < -0.3 is 0 Å². The number of rotatable bonds is 4. The van der Waals surface area contributed by atoms with Gasteiger partial charge in [-0.2, -0.15) is 0 Å². The van der Waals surface area contributed by atoms with Gasteiger partial charge in [0.05, 0.1) is 0 Å². The maximum absolute atomic E-state index is 2.38. The van der Waals surface area contributed by atoms with Crippen LogP contribution in [-0.4, -0.2) is 0 Å². The minimum atomic E-state index is 0.351. The third kappa shape index (κ3) is 3.09. The van der Waals surface area contributed by atoms with Crippen LogP contribution in [0.4, 0.5) is 0 Å². The van der Waals surface area contributed by atoms with E-state index in [1.54, 1.807) is 0 Å². The van der Waals surface area contributed by atoms with Crippen molar-refractivity contribution in [3.05, 3.63) is 60.2 Å². The van der Waals surface area contributed by atoms with Crippen LogP contribution in [-0.2, 0) is 6.42 Å². The smallest absolute Gasteiger partial charge is 0.00831 e. The summed E-state index contributed by atoms with van der Waals surface area (Å²) in [4.78, 5) is 0. The Kier molecular flexibility index (Phi) is 3.83. The summed E-state index contributed by atoms with van der Waals surface area (Å²) in [5.41, 5.74) is 1.81. The zero-order chi connectivity index (χ0) is 12.1. The van der Waals surface area contributed by atoms with Gasteiger partial charge in [-0.1, -0.05) is 68.5 Å². The summed E-state index contributed by atoms with van der Waals surface area (Å²) in [6.45, 7) is 4.70. The Morgan fingerprint density at radius 2 is 1.88 bits per heavy atom. The summed E-state index contributed by atoms with van der Waals surface area (Å²) in [5, 5.41) is 0. The minimum absolute atomic E-state index is 0.351. The standard InChI is InChI=1S/C17H22/c1-15-9-6-7-13-17(15,2)14-8-12-16-10-4-3-5-11-16/h3-7,9-11,13,15H,8,12,14H2,1-2H3. The van der Waals surface area contributed by atoms with Crippen LogP contribution < -0.4 is 0 Å². The van der Waals surface area contributed by atoms with Gasteiger partial charge in [0.15, 0.2) is 0 Å². The highest BCUT2D eigenvalue weighted by Gasteiger charge is 2.27. The van der Waals surface area contributed by atoms with E-state index in [0.29, 0.717) is 11.3 Å². The van der Waals surface area contributed by atoms with E-state index in [1.165, 1.54) is 24.8 Å². The lowest BCUT2D eigenvalue weighted by Crippen LogP contribution is -2.23. The molecule has 0 bridgehead atoms. The molecule has 1 aliphatic rings. The average Bonchev–Trinajstić information content (AvgIpc) is 2.35. The largest absolute Gasteiger partial charge is 0.0809 e. The summed E-state index contributed by atoms with van der Waals surface area (Å²) >= 11 is 0. The number of aryl methyl sites for hydroxylation is 1. The molecule has 1 aromatic rings. The summed E-state index contributed by atoms with van der Waals surface area (Å²) in [6, 6.07) is 10.8. The van der Waals surface area contributed by atoms with E-state index >= 15 is 0 Å². The Hall–Kier alpha value is -1.30. The van der Waals surface area contributed by atoms with Gasteiger partial charge in [0.25, 0.3) is 0 Å². The SMILES string of the molecule is CC1C=CC=CC1(C)CCCc1ccccc1. The fourth-order valence-electron chi connectivity index (χ4n) is 2.51. The molecule has 0 spiro atoms. The second kappa shape index (κ2) is 5.35. The topological polar surface area (TPSA) is 0 Å². The zero-order valence-corrected chi connectivity index (χ0v) is 10.9. The molecule has 0 aliphatic heterocycles. The number of hydrogen-bond donors (Lipinski definition) is 0. The van der Waals surface area contributed by atoms with Gasteiger partial charge in [-0.05, 0) is 36.2 Å². The highest BCUT2D eigenvalue weighted by atomic mass is 14.3. The van der Waals surface area contributed by atoms with Crippen molar-refractivity contribution in [2.24, 2.45) is 11.3 Å². The molecule has 0 amide bonds. The van der Waals surface area contributed by atoms with Gasteiger partial charge in [-0.25, -0.2) is 0 Å². The van der Waals surface area contributed by atoms with E-state index in [2.05, 4.69) is 68.5 Å². The van der Waals surface area contributed by atoms with E-state index in [1.807, 2.05) is 0 Å². The van der Waals surface area contributed by atoms with Crippen LogP contribution in [0.25, 0.3) is 0 Å². The van der Waals surface area contributed by atoms with Crippen molar-refractivity contribution in [1.29, 1.82) is 0 Å². The van der Waals surface area contributed by atoms with Crippen LogP contribution in [0.2, 0.25) is 0 Å². The monoisotopic (exact) mass is 226 g/mol. The van der Waals surface area contributed by atoms with Crippen LogP contribution in [0.5, 0.6) is 0 Å². The lowest BCUT2D eigenvalue weighted by molar-refractivity contribution is 0.292. The van der Waals surface area contributed by atoms with Crippen LogP contribution in [0.3, 0.4) is 0 Å². The van der Waals surface area contributed by atoms with Crippen molar-refractivity contribution >= 4 is 0 Å². The molecule has 2 unspecified atom stereocenters. The van der Waals surface area contributed by atoms with Crippen LogP contribution >= 0.6 is 0 Å². The third-order valence-electron chi connectivity index (χ3n) is 4.05. The molecule has 17 heavy (non-hydrogen) atoms. The van der Waals surface area contributed by atoms with Gasteiger partial charge >= 0.3 is 0 Å². The first-order valence-corrected chi connectivity index (χ1v) is 6.61. The van der Waals surface area contributed by atoms with Gasteiger partial charge in [0.2, 0.25) is 0 Å². The Bertz CT molecular complexity index is 399. The second-order valence-electron chi connectivity index (χ2n) is 5.38. The zero-order valence-electron chi connectivity index (χ0n) is 10.9. The Morgan fingerprint density at radius 3 is 2.59 bits per heavy atom. The summed E-state index contributed by atoms with van der Waals surface area (Å²) in [5.74, 6) is 0.656. The first kappa shape index (κ1) is 12.2. The van der Waals surface area contributed by atoms with Gasteiger partial charge in [0.1, 0.15) is 0 Å². The third-order valence-corrected chi connectivity index (χ3v) is 4.05. The van der Waals surface area contributed by atoms with Crippen molar-refractivity contribution in [1.82, 2.24) is 0 Å². The first-order chi connectivity index (χ1) is 8.21. The molecule has 2 rings (SSSR count). The molecule has 0 heteroatoms. The molecule has 0 radical (unpaired) electrons. The molecular weight excluding hydrogens is 204 g/mol. The highest BCUT2D eigenvalue weighted by molar-refractivity contribution is 5.19. The maximum Gasteiger partial charge on any atom is -0.00831 e. The van der Waals surface area contributed by atoms with Gasteiger partial charge in [0, 0.05) is 0 Å². The molecule has 0 heterocycles. The van der Waals surface area contributed by atoms with Gasteiger partial charge in [-0.15, -0.1) is 0 Å². The number of allylic oxidation sites excluding steroid dienone is 4. The van der Waals surface area contributed by atoms with Crippen molar-refractivity contribution in [2.45, 2.75) is 33.1 Å². The van der Waals surface area contributed by atoms with Crippen molar-refractivity contribution in [3.8, 4) is 0 Å². The van der Waals surface area contributed by atoms with Crippen molar-refractivity contribution in [3.63, 3.8) is 0 Å². The van der Waals surface area contributed by atoms with Crippen molar-refractivity contribution < 1.29 is 0 Å². The van der Waals surface area contributed by atoms with E-state index in [-0.39, 0.29) is 0 Å². The molecule has 1 aromatic carbocycles. The van der Waals surface area contributed by atoms with Crippen LogP contribution in [0.1, 0.15) is 32.3 Å². The Balaban J connectivity index is 1.86. The number of benzene rings is 1. The molecule has 0 saturated carbocycles. The normalized spacial score (nSPS) is 27.3. The lowest BCUT2D eigenvalue weighted by atomic mass is 9.72. The molecule has 0 aromatic heterocycles. The van der Waals surface area contributed by atoms with E-state index in [4.69, 9.17) is 0 Å². The molecule has 0 saturated heterocycles. The minimum Gasteiger partial charge on any atom is -0.0809 e. The first-order valence-electron chi connectivity index (χ1n) is 6.61. The quantitative estimate of drug-likeness (QED) is 0.693. The van der Waals surface area contributed by atoms with Crippen LogP contribution in [0, 0.1) is 11.3 Å². The highest BCUT2D eigenvalue weighted by Crippen LogP contribution is 2.37. The average molecular weight is 226 g/mol. The van der Waals surface area contributed by atoms with Crippen LogP contribution in [0.15, 0.2) is 54.6 Å². The fraction of sp³-hybridized carbons (Fsp3) is 0.412.